The molecule has 120 valence electrons. The van der Waals surface area contributed by atoms with Crippen molar-refractivity contribution in [1.82, 2.24) is 0 Å². The first-order valence-corrected chi connectivity index (χ1v) is 8.49. The van der Waals surface area contributed by atoms with Gasteiger partial charge in [-0.05, 0) is 60.8 Å². The summed E-state index contributed by atoms with van der Waals surface area (Å²) in [6.45, 7) is 13.4. The first-order chi connectivity index (χ1) is 10.4. The highest BCUT2D eigenvalue weighted by molar-refractivity contribution is 5.26. The standard InChI is InChI=1S/2C11H16/c2*1-9(2)8-11-7-5-4-6-10(11)3/h2*4-7,9H,8H2,1-3H3. The monoisotopic (exact) mass is 296 g/mol. The quantitative estimate of drug-likeness (QED) is 0.613. The average Bonchev–Trinajstić information content (AvgIpc) is 2.44. The molecule has 0 heteroatoms. The second kappa shape index (κ2) is 9.46. The van der Waals surface area contributed by atoms with Gasteiger partial charge >= 0.3 is 0 Å². The van der Waals surface area contributed by atoms with Crippen molar-refractivity contribution in [1.29, 1.82) is 0 Å². The van der Waals surface area contributed by atoms with Crippen LogP contribution in [0, 0.1) is 25.7 Å². The fraction of sp³-hybridized carbons (Fsp3) is 0.455. The maximum Gasteiger partial charge on any atom is -0.0253 e. The molecule has 2 aromatic rings. The van der Waals surface area contributed by atoms with E-state index in [0.717, 1.165) is 11.8 Å². The molecule has 2 rings (SSSR count). The lowest BCUT2D eigenvalue weighted by atomic mass is 9.99. The number of hydrogen-bond donors (Lipinski definition) is 0. The minimum atomic E-state index is 0.760. The Morgan fingerprint density at radius 1 is 0.591 bits per heavy atom. The molecule has 0 aliphatic carbocycles. The summed E-state index contributed by atoms with van der Waals surface area (Å²) in [4.78, 5) is 0. The average molecular weight is 296 g/mol. The van der Waals surface area contributed by atoms with Gasteiger partial charge in [0.05, 0.1) is 0 Å². The molecule has 0 saturated heterocycles. The van der Waals surface area contributed by atoms with Crippen LogP contribution in [0.3, 0.4) is 0 Å². The largest absolute Gasteiger partial charge is 0.0625 e. The molecule has 0 fully saturated rings. The molecule has 2 aromatic carbocycles. The van der Waals surface area contributed by atoms with E-state index in [1.807, 2.05) is 0 Å². The lowest BCUT2D eigenvalue weighted by molar-refractivity contribution is 0.645. The topological polar surface area (TPSA) is 0 Å². The smallest absolute Gasteiger partial charge is 0.0253 e. The minimum absolute atomic E-state index is 0.760. The second-order valence-electron chi connectivity index (χ2n) is 7.05. The summed E-state index contributed by atoms with van der Waals surface area (Å²) >= 11 is 0. The van der Waals surface area contributed by atoms with Gasteiger partial charge in [0.2, 0.25) is 0 Å². The van der Waals surface area contributed by atoms with Crippen molar-refractivity contribution in [2.45, 2.75) is 54.4 Å². The van der Waals surface area contributed by atoms with Crippen LogP contribution in [0.2, 0.25) is 0 Å². The van der Waals surface area contributed by atoms with E-state index in [1.165, 1.54) is 35.1 Å². The van der Waals surface area contributed by atoms with Crippen molar-refractivity contribution < 1.29 is 0 Å². The van der Waals surface area contributed by atoms with Crippen LogP contribution in [-0.4, -0.2) is 0 Å². The molecule has 0 N–H and O–H groups in total. The summed E-state index contributed by atoms with van der Waals surface area (Å²) in [5.74, 6) is 1.52. The van der Waals surface area contributed by atoms with Crippen molar-refractivity contribution >= 4 is 0 Å². The SMILES string of the molecule is Cc1ccccc1CC(C)C.Cc1ccccc1CC(C)C. The van der Waals surface area contributed by atoms with Gasteiger partial charge in [-0.1, -0.05) is 76.2 Å². The predicted octanol–water partition coefficient (Wildman–Crippen LogP) is 6.39. The zero-order chi connectivity index (χ0) is 16.5. The summed E-state index contributed by atoms with van der Waals surface area (Å²) in [6, 6.07) is 17.2. The Kier molecular flexibility index (Phi) is 7.95. The van der Waals surface area contributed by atoms with Crippen LogP contribution in [0.1, 0.15) is 49.9 Å². The molecule has 0 heterocycles. The molecule has 0 aliphatic heterocycles. The molecule has 0 atom stereocenters. The lowest BCUT2D eigenvalue weighted by Crippen LogP contribution is -1.95. The van der Waals surface area contributed by atoms with Gasteiger partial charge in [-0.3, -0.25) is 0 Å². The summed E-state index contributed by atoms with van der Waals surface area (Å²) in [6.07, 6.45) is 2.40. The molecule has 0 unspecified atom stereocenters. The second-order valence-corrected chi connectivity index (χ2v) is 7.05. The van der Waals surface area contributed by atoms with Gasteiger partial charge in [0.1, 0.15) is 0 Å². The van der Waals surface area contributed by atoms with Gasteiger partial charge in [0, 0.05) is 0 Å². The van der Waals surface area contributed by atoms with Gasteiger partial charge in [0.15, 0.2) is 0 Å². The first kappa shape index (κ1) is 18.5. The van der Waals surface area contributed by atoms with Crippen molar-refractivity contribution in [3.8, 4) is 0 Å². The lowest BCUT2D eigenvalue weighted by Gasteiger charge is -2.07. The van der Waals surface area contributed by atoms with Crippen LogP contribution >= 0.6 is 0 Å². The van der Waals surface area contributed by atoms with Crippen molar-refractivity contribution in [3.63, 3.8) is 0 Å². The molecule has 0 spiro atoms. The molecule has 0 amide bonds. The highest BCUT2D eigenvalue weighted by Gasteiger charge is 1.99. The van der Waals surface area contributed by atoms with Crippen LogP contribution < -0.4 is 0 Å². The third kappa shape index (κ3) is 6.93. The van der Waals surface area contributed by atoms with Gasteiger partial charge in [0.25, 0.3) is 0 Å². The molecule has 0 radical (unpaired) electrons. The predicted molar refractivity (Wildman–Crippen MR) is 99.4 cm³/mol. The Balaban J connectivity index is 0.000000220. The van der Waals surface area contributed by atoms with E-state index >= 15 is 0 Å². The Morgan fingerprint density at radius 2 is 0.909 bits per heavy atom. The Labute approximate surface area is 137 Å². The normalized spacial score (nSPS) is 10.5. The minimum Gasteiger partial charge on any atom is -0.0625 e. The number of benzene rings is 2. The Morgan fingerprint density at radius 3 is 1.18 bits per heavy atom. The van der Waals surface area contributed by atoms with Gasteiger partial charge in [-0.25, -0.2) is 0 Å². The van der Waals surface area contributed by atoms with E-state index in [2.05, 4.69) is 90.1 Å². The summed E-state index contributed by atoms with van der Waals surface area (Å²) in [5, 5.41) is 0. The van der Waals surface area contributed by atoms with Crippen LogP contribution in [0.15, 0.2) is 48.5 Å². The van der Waals surface area contributed by atoms with Gasteiger partial charge < -0.3 is 0 Å². The maximum absolute atomic E-state index is 2.26. The van der Waals surface area contributed by atoms with E-state index in [-0.39, 0.29) is 0 Å². The number of aryl methyl sites for hydroxylation is 2. The Hall–Kier alpha value is -1.56. The van der Waals surface area contributed by atoms with Crippen LogP contribution in [0.25, 0.3) is 0 Å². The van der Waals surface area contributed by atoms with Crippen LogP contribution in [0.4, 0.5) is 0 Å². The fourth-order valence-corrected chi connectivity index (χ4v) is 2.56. The van der Waals surface area contributed by atoms with Crippen LogP contribution in [0.5, 0.6) is 0 Å². The highest BCUT2D eigenvalue weighted by atomic mass is 14.0. The summed E-state index contributed by atoms with van der Waals surface area (Å²) in [5.41, 5.74) is 5.81. The fourth-order valence-electron chi connectivity index (χ4n) is 2.56. The molecule has 0 aliphatic rings. The van der Waals surface area contributed by atoms with E-state index in [1.54, 1.807) is 0 Å². The zero-order valence-electron chi connectivity index (χ0n) is 15.2. The van der Waals surface area contributed by atoms with Crippen molar-refractivity contribution in [3.05, 3.63) is 70.8 Å². The first-order valence-electron chi connectivity index (χ1n) is 8.49. The Bertz CT molecular complexity index is 498. The van der Waals surface area contributed by atoms with Crippen molar-refractivity contribution in [2.24, 2.45) is 11.8 Å². The van der Waals surface area contributed by atoms with E-state index in [9.17, 15) is 0 Å². The molecule has 0 nitrogen and oxygen atoms in total. The van der Waals surface area contributed by atoms with Gasteiger partial charge in [-0.2, -0.15) is 0 Å². The van der Waals surface area contributed by atoms with E-state index < -0.39 is 0 Å². The van der Waals surface area contributed by atoms with E-state index in [4.69, 9.17) is 0 Å². The molecule has 0 aromatic heterocycles. The molecule has 0 bridgehead atoms. The maximum atomic E-state index is 2.26. The number of rotatable bonds is 4. The third-order valence-electron chi connectivity index (χ3n) is 3.78. The third-order valence-corrected chi connectivity index (χ3v) is 3.78. The molecule has 0 saturated carbocycles. The number of hydrogen-bond acceptors (Lipinski definition) is 0. The molecular weight excluding hydrogens is 264 g/mol. The van der Waals surface area contributed by atoms with Crippen molar-refractivity contribution in [2.75, 3.05) is 0 Å². The summed E-state index contributed by atoms with van der Waals surface area (Å²) in [7, 11) is 0. The van der Waals surface area contributed by atoms with E-state index in [0.29, 0.717) is 0 Å². The van der Waals surface area contributed by atoms with Crippen LogP contribution in [-0.2, 0) is 12.8 Å². The zero-order valence-corrected chi connectivity index (χ0v) is 15.2. The van der Waals surface area contributed by atoms with Gasteiger partial charge in [-0.15, -0.1) is 0 Å². The summed E-state index contributed by atoms with van der Waals surface area (Å²) < 4.78 is 0. The molecular formula is C22H32. The molecule has 22 heavy (non-hydrogen) atoms. The highest BCUT2D eigenvalue weighted by Crippen LogP contribution is 2.12.